The number of hydrogen-bond donors (Lipinski definition) is 1. The first-order valence-corrected chi connectivity index (χ1v) is 7.46. The number of rotatable bonds is 4. The fourth-order valence-corrected chi connectivity index (χ4v) is 2.48. The maximum atomic E-state index is 12.4. The third-order valence-corrected chi connectivity index (χ3v) is 3.98. The Kier molecular flexibility index (Phi) is 5.28. The fraction of sp³-hybridized carbons (Fsp3) is 0.467. The number of quaternary nitrogens is 1. The van der Waals surface area contributed by atoms with Crippen LogP contribution in [0.1, 0.15) is 10.4 Å². The predicted molar refractivity (Wildman–Crippen MR) is 83.3 cm³/mol. The Balaban J connectivity index is 1.90. The summed E-state index contributed by atoms with van der Waals surface area (Å²) in [5, 5.41) is 10.6. The predicted octanol–water partition coefficient (Wildman–Crippen LogP) is -0.976. The number of carbonyl (C=O) groups excluding carboxylic acids is 2. The highest BCUT2D eigenvalue weighted by Crippen LogP contribution is 2.13. The summed E-state index contributed by atoms with van der Waals surface area (Å²) in [7, 11) is 3.46. The highest BCUT2D eigenvalue weighted by atomic mass is 16.6. The number of likely N-dealkylation sites (N-methyl/N-ethyl adjacent to an activating group) is 1. The van der Waals surface area contributed by atoms with Crippen molar-refractivity contribution in [2.45, 2.75) is 0 Å². The second kappa shape index (κ2) is 7.19. The lowest BCUT2D eigenvalue weighted by atomic mass is 10.1. The van der Waals surface area contributed by atoms with Crippen LogP contribution in [0.3, 0.4) is 0 Å². The Bertz CT molecular complexity index is 592. The number of nitro benzene ring substituents is 1. The normalized spacial score (nSPS) is 15.3. The van der Waals surface area contributed by atoms with Crippen LogP contribution >= 0.6 is 0 Å². The van der Waals surface area contributed by atoms with Gasteiger partial charge in [-0.25, -0.2) is 0 Å². The minimum absolute atomic E-state index is 0.0296. The molecule has 0 aliphatic carbocycles. The third-order valence-electron chi connectivity index (χ3n) is 3.98. The molecule has 1 N–H and O–H groups in total. The van der Waals surface area contributed by atoms with E-state index in [4.69, 9.17) is 0 Å². The van der Waals surface area contributed by atoms with Crippen LogP contribution in [-0.2, 0) is 4.79 Å². The Morgan fingerprint density at radius 2 is 1.78 bits per heavy atom. The maximum absolute atomic E-state index is 12.4. The number of nitro groups is 1. The molecule has 1 fully saturated rings. The molecule has 0 aromatic heterocycles. The second-order valence-corrected chi connectivity index (χ2v) is 5.81. The number of piperazine rings is 1. The van der Waals surface area contributed by atoms with Gasteiger partial charge in [-0.1, -0.05) is 0 Å². The van der Waals surface area contributed by atoms with Crippen LogP contribution in [-0.4, -0.2) is 73.4 Å². The molecule has 23 heavy (non-hydrogen) atoms. The fourth-order valence-electron chi connectivity index (χ4n) is 2.48. The van der Waals surface area contributed by atoms with Crippen molar-refractivity contribution in [1.82, 2.24) is 9.80 Å². The van der Waals surface area contributed by atoms with E-state index < -0.39 is 4.92 Å². The molecule has 1 aromatic rings. The second-order valence-electron chi connectivity index (χ2n) is 5.81. The summed E-state index contributed by atoms with van der Waals surface area (Å²) < 4.78 is 0. The van der Waals surface area contributed by atoms with Crippen LogP contribution in [0.5, 0.6) is 0 Å². The lowest BCUT2D eigenvalue weighted by molar-refractivity contribution is -0.896. The molecule has 1 saturated heterocycles. The zero-order chi connectivity index (χ0) is 17.0. The quantitative estimate of drug-likeness (QED) is 0.570. The molecule has 8 heteroatoms. The van der Waals surface area contributed by atoms with Crippen LogP contribution in [0.2, 0.25) is 0 Å². The van der Waals surface area contributed by atoms with Gasteiger partial charge < -0.3 is 14.7 Å². The molecule has 1 aliphatic heterocycles. The van der Waals surface area contributed by atoms with E-state index in [-0.39, 0.29) is 17.5 Å². The first kappa shape index (κ1) is 16.9. The minimum atomic E-state index is -0.488. The van der Waals surface area contributed by atoms with Gasteiger partial charge in [-0.05, 0) is 12.1 Å². The number of nitrogens with one attached hydrogen (secondary N) is 1. The zero-order valence-corrected chi connectivity index (χ0v) is 13.3. The molecule has 1 aliphatic rings. The number of hydrogen-bond acceptors (Lipinski definition) is 4. The van der Waals surface area contributed by atoms with Crippen molar-refractivity contribution < 1.29 is 19.4 Å². The van der Waals surface area contributed by atoms with Crippen molar-refractivity contribution in [3.05, 3.63) is 39.9 Å². The minimum Gasteiger partial charge on any atom is -0.344 e. The summed E-state index contributed by atoms with van der Waals surface area (Å²) in [4.78, 5) is 38.7. The van der Waals surface area contributed by atoms with Crippen LogP contribution in [0.25, 0.3) is 0 Å². The Morgan fingerprint density at radius 1 is 1.22 bits per heavy atom. The van der Waals surface area contributed by atoms with E-state index in [1.54, 1.807) is 23.9 Å². The average molecular weight is 321 g/mol. The SMILES string of the molecule is CN(C)C(=O)C[NH+]1CCN(C(=O)c2ccc([N+](=O)[O-])cc2)CC1. The van der Waals surface area contributed by atoms with E-state index in [9.17, 15) is 19.7 Å². The molecular formula is C15H21N4O4+. The summed E-state index contributed by atoms with van der Waals surface area (Å²) in [5.41, 5.74) is 0.418. The van der Waals surface area contributed by atoms with Gasteiger partial charge in [0.25, 0.3) is 17.5 Å². The number of benzene rings is 1. The van der Waals surface area contributed by atoms with Crippen LogP contribution in [0.4, 0.5) is 5.69 Å². The van der Waals surface area contributed by atoms with Gasteiger partial charge >= 0.3 is 0 Å². The number of nitrogens with zero attached hydrogens (tertiary/aromatic N) is 3. The first-order valence-electron chi connectivity index (χ1n) is 7.46. The summed E-state index contributed by atoms with van der Waals surface area (Å²) in [6, 6.07) is 5.64. The molecular weight excluding hydrogens is 300 g/mol. The highest BCUT2D eigenvalue weighted by molar-refractivity contribution is 5.94. The van der Waals surface area contributed by atoms with E-state index in [1.807, 2.05) is 0 Å². The summed E-state index contributed by atoms with van der Waals surface area (Å²) in [6.07, 6.45) is 0. The molecule has 0 atom stereocenters. The smallest absolute Gasteiger partial charge is 0.277 e. The summed E-state index contributed by atoms with van der Waals surface area (Å²) in [6.45, 7) is 3.03. The van der Waals surface area contributed by atoms with Crippen molar-refractivity contribution in [3.63, 3.8) is 0 Å². The monoisotopic (exact) mass is 321 g/mol. The van der Waals surface area contributed by atoms with Crippen molar-refractivity contribution >= 4 is 17.5 Å². The number of non-ortho nitro benzene ring substituents is 1. The van der Waals surface area contributed by atoms with Crippen molar-refractivity contribution in [2.24, 2.45) is 0 Å². The molecule has 1 aromatic carbocycles. The Labute approximate surface area is 134 Å². The largest absolute Gasteiger partial charge is 0.344 e. The number of carbonyl (C=O) groups is 2. The molecule has 8 nitrogen and oxygen atoms in total. The van der Waals surface area contributed by atoms with Gasteiger partial charge in [0.1, 0.15) is 0 Å². The van der Waals surface area contributed by atoms with Gasteiger partial charge in [0.15, 0.2) is 6.54 Å². The topological polar surface area (TPSA) is 88.2 Å². The van der Waals surface area contributed by atoms with Crippen LogP contribution < -0.4 is 4.90 Å². The van der Waals surface area contributed by atoms with Crippen molar-refractivity contribution in [3.8, 4) is 0 Å². The molecule has 0 radical (unpaired) electrons. The van der Waals surface area contributed by atoms with E-state index >= 15 is 0 Å². The molecule has 0 unspecified atom stereocenters. The average Bonchev–Trinajstić information content (AvgIpc) is 2.55. The van der Waals surface area contributed by atoms with Gasteiger partial charge in [0.2, 0.25) is 0 Å². The molecule has 1 heterocycles. The van der Waals surface area contributed by atoms with E-state index in [0.29, 0.717) is 25.2 Å². The van der Waals surface area contributed by atoms with Crippen LogP contribution in [0, 0.1) is 10.1 Å². The molecule has 0 bridgehead atoms. The van der Waals surface area contributed by atoms with Gasteiger partial charge in [-0.3, -0.25) is 19.7 Å². The van der Waals surface area contributed by atoms with E-state index in [1.165, 1.54) is 24.3 Å². The molecule has 0 spiro atoms. The molecule has 0 saturated carbocycles. The van der Waals surface area contributed by atoms with E-state index in [0.717, 1.165) is 18.0 Å². The Morgan fingerprint density at radius 3 is 2.26 bits per heavy atom. The van der Waals surface area contributed by atoms with Gasteiger partial charge in [0, 0.05) is 31.8 Å². The zero-order valence-electron chi connectivity index (χ0n) is 13.3. The maximum Gasteiger partial charge on any atom is 0.277 e. The summed E-state index contributed by atoms with van der Waals surface area (Å²) >= 11 is 0. The molecule has 2 rings (SSSR count). The highest BCUT2D eigenvalue weighted by Gasteiger charge is 2.26. The standard InChI is InChI=1S/C15H20N4O4/c1-16(2)14(20)11-17-7-9-18(10-8-17)15(21)12-3-5-13(6-4-12)19(22)23/h3-6H,7-11H2,1-2H3/p+1. The van der Waals surface area contributed by atoms with Gasteiger partial charge in [0.05, 0.1) is 31.1 Å². The van der Waals surface area contributed by atoms with Crippen molar-refractivity contribution in [1.29, 1.82) is 0 Å². The lowest BCUT2D eigenvalue weighted by Gasteiger charge is -2.32. The van der Waals surface area contributed by atoms with Gasteiger partial charge in [-0.15, -0.1) is 0 Å². The first-order chi connectivity index (χ1) is 10.9. The van der Waals surface area contributed by atoms with Crippen molar-refractivity contribution in [2.75, 3.05) is 46.8 Å². The van der Waals surface area contributed by atoms with Crippen LogP contribution in [0.15, 0.2) is 24.3 Å². The third kappa shape index (κ3) is 4.26. The van der Waals surface area contributed by atoms with E-state index in [2.05, 4.69) is 0 Å². The molecule has 124 valence electrons. The van der Waals surface area contributed by atoms with Gasteiger partial charge in [-0.2, -0.15) is 0 Å². The number of amides is 2. The summed E-state index contributed by atoms with van der Waals surface area (Å²) in [5.74, 6) is -0.0481. The lowest BCUT2D eigenvalue weighted by Crippen LogP contribution is -3.15. The Hall–Kier alpha value is -2.48. The molecule has 2 amide bonds.